The Kier molecular flexibility index (Phi) is 6.36. The van der Waals surface area contributed by atoms with E-state index in [1.807, 2.05) is 19.1 Å². The summed E-state index contributed by atoms with van der Waals surface area (Å²) in [6.07, 6.45) is 6.12. The predicted octanol–water partition coefficient (Wildman–Crippen LogP) is 5.28. The molecule has 0 amide bonds. The lowest BCUT2D eigenvalue weighted by Gasteiger charge is -2.44. The number of aryl methyl sites for hydroxylation is 2. The summed E-state index contributed by atoms with van der Waals surface area (Å²) in [6, 6.07) is 8.85. The molecule has 3 heterocycles. The minimum absolute atomic E-state index is 0.331. The lowest BCUT2D eigenvalue weighted by molar-refractivity contribution is -0.175. The number of aromatic nitrogens is 3. The van der Waals surface area contributed by atoms with Gasteiger partial charge in [0.25, 0.3) is 0 Å². The van der Waals surface area contributed by atoms with E-state index >= 15 is 0 Å². The Morgan fingerprint density at radius 3 is 2.41 bits per heavy atom. The standard InChI is InChI=1S/C26H29FN4O3/c1-16-11-20(30-23(12-16)31-22-13-17(2)19(27)15-29-22)18-7-8-21(28-14-18)25(3,34)26(24(32)33)9-5-4-6-10-26/h7-8,11-15,34H,4-6,9-10H2,1-3H3,(H,32,33)(H,29,30,31). The van der Waals surface area contributed by atoms with Crippen LogP contribution in [0.25, 0.3) is 11.3 Å². The number of carboxylic acid groups (broad SMARTS) is 1. The lowest BCUT2D eigenvalue weighted by Crippen LogP contribution is -2.50. The number of nitrogens with zero attached hydrogens (tertiary/aromatic N) is 3. The molecule has 34 heavy (non-hydrogen) atoms. The van der Waals surface area contributed by atoms with Crippen molar-refractivity contribution < 1.29 is 19.4 Å². The summed E-state index contributed by atoms with van der Waals surface area (Å²) in [5.74, 6) is -0.317. The van der Waals surface area contributed by atoms with Crippen molar-refractivity contribution >= 4 is 17.6 Å². The fourth-order valence-corrected chi connectivity index (χ4v) is 4.76. The average molecular weight is 465 g/mol. The van der Waals surface area contributed by atoms with Gasteiger partial charge in [-0.05, 0) is 75.1 Å². The monoisotopic (exact) mass is 464 g/mol. The van der Waals surface area contributed by atoms with Gasteiger partial charge in [0.1, 0.15) is 28.5 Å². The lowest BCUT2D eigenvalue weighted by atomic mass is 9.62. The van der Waals surface area contributed by atoms with Gasteiger partial charge in [-0.1, -0.05) is 19.3 Å². The number of rotatable bonds is 6. The maximum Gasteiger partial charge on any atom is 0.312 e. The van der Waals surface area contributed by atoms with Crippen LogP contribution in [0.2, 0.25) is 0 Å². The van der Waals surface area contributed by atoms with Crippen molar-refractivity contribution in [2.75, 3.05) is 5.32 Å². The van der Waals surface area contributed by atoms with Crippen molar-refractivity contribution in [3.63, 3.8) is 0 Å². The van der Waals surface area contributed by atoms with Crippen LogP contribution in [0.1, 0.15) is 55.8 Å². The first-order valence-corrected chi connectivity index (χ1v) is 11.4. The van der Waals surface area contributed by atoms with Crippen molar-refractivity contribution in [2.45, 2.75) is 58.5 Å². The summed E-state index contributed by atoms with van der Waals surface area (Å²) in [5, 5.41) is 24.5. The number of nitrogens with one attached hydrogen (secondary N) is 1. The minimum Gasteiger partial charge on any atom is -0.481 e. The van der Waals surface area contributed by atoms with Crippen LogP contribution in [-0.4, -0.2) is 31.1 Å². The van der Waals surface area contributed by atoms with Gasteiger partial charge in [-0.25, -0.2) is 14.4 Å². The third-order valence-electron chi connectivity index (χ3n) is 6.88. The summed E-state index contributed by atoms with van der Waals surface area (Å²) < 4.78 is 13.5. The molecule has 3 N–H and O–H groups in total. The summed E-state index contributed by atoms with van der Waals surface area (Å²) in [5.41, 5.74) is 0.296. The van der Waals surface area contributed by atoms with Gasteiger partial charge in [-0.2, -0.15) is 0 Å². The summed E-state index contributed by atoms with van der Waals surface area (Å²) in [4.78, 5) is 25.4. The third-order valence-corrected chi connectivity index (χ3v) is 6.88. The van der Waals surface area contributed by atoms with Gasteiger partial charge in [-0.15, -0.1) is 0 Å². The zero-order valence-corrected chi connectivity index (χ0v) is 19.6. The smallest absolute Gasteiger partial charge is 0.312 e. The molecule has 7 nitrogen and oxygen atoms in total. The second-order valence-electron chi connectivity index (χ2n) is 9.31. The fraction of sp³-hybridized carbons (Fsp3) is 0.385. The number of hydrogen-bond donors (Lipinski definition) is 3. The van der Waals surface area contributed by atoms with Crippen molar-refractivity contribution in [3.8, 4) is 11.3 Å². The topological polar surface area (TPSA) is 108 Å². The van der Waals surface area contributed by atoms with Gasteiger partial charge in [0.05, 0.1) is 17.6 Å². The van der Waals surface area contributed by atoms with Gasteiger partial charge in [0.15, 0.2) is 0 Å². The van der Waals surface area contributed by atoms with E-state index in [4.69, 9.17) is 0 Å². The van der Waals surface area contributed by atoms with Crippen LogP contribution in [0.3, 0.4) is 0 Å². The van der Waals surface area contributed by atoms with Crippen molar-refractivity contribution in [1.29, 1.82) is 0 Å². The summed E-state index contributed by atoms with van der Waals surface area (Å²) >= 11 is 0. The van der Waals surface area contributed by atoms with E-state index in [1.54, 1.807) is 38.2 Å². The highest BCUT2D eigenvalue weighted by Gasteiger charge is 2.55. The number of aliphatic hydroxyl groups is 1. The highest BCUT2D eigenvalue weighted by Crippen LogP contribution is 2.49. The van der Waals surface area contributed by atoms with Gasteiger partial charge < -0.3 is 15.5 Å². The van der Waals surface area contributed by atoms with E-state index in [0.29, 0.717) is 41.4 Å². The normalized spacial score (nSPS) is 17.1. The number of carboxylic acids is 1. The molecular weight excluding hydrogens is 435 g/mol. The molecule has 8 heteroatoms. The Morgan fingerprint density at radius 1 is 1.06 bits per heavy atom. The second-order valence-corrected chi connectivity index (χ2v) is 9.31. The molecule has 0 bridgehead atoms. The molecule has 1 fully saturated rings. The Morgan fingerprint density at radius 2 is 1.79 bits per heavy atom. The van der Waals surface area contributed by atoms with E-state index < -0.39 is 17.0 Å². The van der Waals surface area contributed by atoms with Crippen LogP contribution in [0.5, 0.6) is 0 Å². The molecule has 3 aromatic heterocycles. The molecule has 0 spiro atoms. The van der Waals surface area contributed by atoms with Gasteiger partial charge in [-0.3, -0.25) is 9.78 Å². The van der Waals surface area contributed by atoms with Crippen LogP contribution in [0.15, 0.2) is 42.7 Å². The zero-order chi connectivity index (χ0) is 24.5. The molecule has 1 aliphatic carbocycles. The van der Waals surface area contributed by atoms with Crippen LogP contribution in [0.4, 0.5) is 16.0 Å². The zero-order valence-electron chi connectivity index (χ0n) is 19.6. The van der Waals surface area contributed by atoms with Gasteiger partial charge in [0, 0.05) is 11.8 Å². The molecule has 3 aromatic rings. The van der Waals surface area contributed by atoms with E-state index in [9.17, 15) is 19.4 Å². The van der Waals surface area contributed by atoms with Crippen LogP contribution in [0, 0.1) is 25.1 Å². The molecule has 1 aliphatic rings. The number of halogens is 1. The molecule has 178 valence electrons. The minimum atomic E-state index is -1.60. The van der Waals surface area contributed by atoms with E-state index in [1.165, 1.54) is 6.20 Å². The molecular formula is C26H29FN4O3. The van der Waals surface area contributed by atoms with Crippen molar-refractivity contribution in [3.05, 3.63) is 65.4 Å². The number of carbonyl (C=O) groups is 1. The van der Waals surface area contributed by atoms with E-state index in [-0.39, 0.29) is 5.82 Å². The Balaban J connectivity index is 1.62. The number of hydrogen-bond acceptors (Lipinski definition) is 6. The predicted molar refractivity (Wildman–Crippen MR) is 127 cm³/mol. The highest BCUT2D eigenvalue weighted by molar-refractivity contribution is 5.77. The molecule has 0 aliphatic heterocycles. The first-order chi connectivity index (χ1) is 16.1. The second kappa shape index (κ2) is 9.10. The van der Waals surface area contributed by atoms with Crippen LogP contribution >= 0.6 is 0 Å². The van der Waals surface area contributed by atoms with Crippen molar-refractivity contribution in [1.82, 2.24) is 15.0 Å². The Bertz CT molecular complexity index is 1210. The maximum absolute atomic E-state index is 13.5. The summed E-state index contributed by atoms with van der Waals surface area (Å²) in [6.45, 7) is 5.16. The SMILES string of the molecule is Cc1cc(Nc2cc(C)c(F)cn2)nc(-c2ccc(C(C)(O)C3(C(=O)O)CCCCC3)nc2)c1. The van der Waals surface area contributed by atoms with Gasteiger partial charge in [0.2, 0.25) is 0 Å². The summed E-state index contributed by atoms with van der Waals surface area (Å²) in [7, 11) is 0. The quantitative estimate of drug-likeness (QED) is 0.455. The number of anilines is 2. The van der Waals surface area contributed by atoms with E-state index in [2.05, 4.69) is 20.3 Å². The fourth-order valence-electron chi connectivity index (χ4n) is 4.76. The first-order valence-electron chi connectivity index (χ1n) is 11.4. The molecule has 1 unspecified atom stereocenters. The number of pyridine rings is 3. The molecule has 0 aromatic carbocycles. The Labute approximate surface area is 198 Å². The molecule has 1 atom stereocenters. The molecule has 0 radical (unpaired) electrons. The van der Waals surface area contributed by atoms with Crippen molar-refractivity contribution in [2.24, 2.45) is 5.41 Å². The first kappa shape index (κ1) is 23.8. The third kappa shape index (κ3) is 4.37. The Hall–Kier alpha value is -3.39. The highest BCUT2D eigenvalue weighted by atomic mass is 19.1. The molecule has 0 saturated heterocycles. The molecule has 4 rings (SSSR count). The maximum atomic E-state index is 13.5. The van der Waals surface area contributed by atoms with Crippen LogP contribution in [-0.2, 0) is 10.4 Å². The average Bonchev–Trinajstić information content (AvgIpc) is 2.81. The largest absolute Gasteiger partial charge is 0.481 e. The number of aliphatic carboxylic acids is 1. The molecule has 1 saturated carbocycles. The van der Waals surface area contributed by atoms with E-state index in [0.717, 1.165) is 30.4 Å². The van der Waals surface area contributed by atoms with Gasteiger partial charge >= 0.3 is 5.97 Å². The van der Waals surface area contributed by atoms with Crippen LogP contribution < -0.4 is 5.32 Å².